The lowest BCUT2D eigenvalue weighted by atomic mass is 10.1. The highest BCUT2D eigenvalue weighted by Crippen LogP contribution is 2.25. The number of aryl methyl sites for hydroxylation is 2. The molecule has 0 heterocycles. The predicted molar refractivity (Wildman–Crippen MR) is 120 cm³/mol. The topological polar surface area (TPSA) is 66.5 Å². The van der Waals surface area contributed by atoms with E-state index in [1.807, 2.05) is 38.1 Å². The third-order valence-electron chi connectivity index (χ3n) is 4.67. The maximum atomic E-state index is 12.8. The van der Waals surface area contributed by atoms with Gasteiger partial charge >= 0.3 is 0 Å². The van der Waals surface area contributed by atoms with Crippen LogP contribution in [0.5, 0.6) is 0 Å². The molecule has 0 spiro atoms. The van der Waals surface area contributed by atoms with Gasteiger partial charge in [-0.15, -0.1) is 0 Å². The van der Waals surface area contributed by atoms with Crippen LogP contribution in [0.3, 0.4) is 0 Å². The number of nitrogens with one attached hydrogen (secondary N) is 1. The molecule has 0 aromatic heterocycles. The van der Waals surface area contributed by atoms with Gasteiger partial charge in [0.05, 0.1) is 21.2 Å². The maximum absolute atomic E-state index is 12.8. The number of carbonyl (C=O) groups excluding carboxylic acids is 1. The minimum Gasteiger partial charge on any atom is -0.337 e. The number of carbonyl (C=O) groups is 1. The van der Waals surface area contributed by atoms with E-state index in [1.165, 1.54) is 30.3 Å². The van der Waals surface area contributed by atoms with Crippen molar-refractivity contribution in [1.29, 1.82) is 0 Å². The van der Waals surface area contributed by atoms with Crippen molar-refractivity contribution in [3.05, 3.63) is 94.0 Å². The largest absolute Gasteiger partial charge is 0.337 e. The van der Waals surface area contributed by atoms with Crippen molar-refractivity contribution in [2.75, 3.05) is 11.8 Å². The fourth-order valence-electron chi connectivity index (χ4n) is 2.93. The summed E-state index contributed by atoms with van der Waals surface area (Å²) in [5, 5.41) is 0.180. The summed E-state index contributed by atoms with van der Waals surface area (Å²) in [6, 6.07) is 19.0. The normalized spacial score (nSPS) is 11.2. The van der Waals surface area contributed by atoms with Crippen LogP contribution < -0.4 is 4.72 Å². The van der Waals surface area contributed by atoms with E-state index < -0.39 is 10.0 Å². The number of anilines is 1. The van der Waals surface area contributed by atoms with Crippen LogP contribution in [0.4, 0.5) is 5.69 Å². The molecule has 3 aromatic carbocycles. The first-order valence-corrected chi connectivity index (χ1v) is 11.2. The SMILES string of the molecule is Cc1ccc(CN(C)C(=O)c2ccc(NS(=O)(=O)c3ccc(C)cc3)cc2Cl)cc1. The van der Waals surface area contributed by atoms with E-state index >= 15 is 0 Å². The highest BCUT2D eigenvalue weighted by Gasteiger charge is 2.18. The van der Waals surface area contributed by atoms with Crippen molar-refractivity contribution in [1.82, 2.24) is 4.90 Å². The Kier molecular flexibility index (Phi) is 6.48. The second-order valence-corrected chi connectivity index (χ2v) is 9.35. The van der Waals surface area contributed by atoms with Crippen LogP contribution in [0.2, 0.25) is 5.02 Å². The van der Waals surface area contributed by atoms with Gasteiger partial charge < -0.3 is 4.90 Å². The minimum atomic E-state index is -3.74. The Hall–Kier alpha value is -2.83. The van der Waals surface area contributed by atoms with E-state index in [-0.39, 0.29) is 15.8 Å². The van der Waals surface area contributed by atoms with Gasteiger partial charge in [-0.25, -0.2) is 8.42 Å². The Labute approximate surface area is 182 Å². The van der Waals surface area contributed by atoms with E-state index in [9.17, 15) is 13.2 Å². The highest BCUT2D eigenvalue weighted by atomic mass is 35.5. The molecule has 5 nitrogen and oxygen atoms in total. The molecule has 0 saturated heterocycles. The van der Waals surface area contributed by atoms with Gasteiger partial charge in [0, 0.05) is 13.6 Å². The van der Waals surface area contributed by atoms with Crippen LogP contribution in [-0.4, -0.2) is 26.3 Å². The number of nitrogens with zero attached hydrogens (tertiary/aromatic N) is 1. The molecule has 0 unspecified atom stereocenters. The van der Waals surface area contributed by atoms with Crippen LogP contribution in [0.25, 0.3) is 0 Å². The van der Waals surface area contributed by atoms with Crippen LogP contribution in [-0.2, 0) is 16.6 Å². The van der Waals surface area contributed by atoms with Crippen LogP contribution in [0.15, 0.2) is 71.6 Å². The molecule has 3 aromatic rings. The summed E-state index contributed by atoms with van der Waals surface area (Å²) in [7, 11) is -2.04. The van der Waals surface area contributed by atoms with E-state index in [0.717, 1.165) is 16.7 Å². The molecule has 0 bridgehead atoms. The number of hydrogen-bond donors (Lipinski definition) is 1. The van der Waals surface area contributed by atoms with E-state index in [0.29, 0.717) is 17.8 Å². The van der Waals surface area contributed by atoms with Crippen molar-refractivity contribution in [3.63, 3.8) is 0 Å². The Morgan fingerprint density at radius 3 is 2.07 bits per heavy atom. The molecule has 0 saturated carbocycles. The van der Waals surface area contributed by atoms with Gasteiger partial charge in [0.2, 0.25) is 0 Å². The first-order valence-electron chi connectivity index (χ1n) is 9.36. The molecule has 0 atom stereocenters. The monoisotopic (exact) mass is 442 g/mol. The van der Waals surface area contributed by atoms with Crippen molar-refractivity contribution in [2.45, 2.75) is 25.3 Å². The van der Waals surface area contributed by atoms with Gasteiger partial charge in [0.15, 0.2) is 0 Å². The van der Waals surface area contributed by atoms with E-state index in [2.05, 4.69) is 4.72 Å². The number of halogens is 1. The van der Waals surface area contributed by atoms with Crippen LogP contribution >= 0.6 is 11.6 Å². The van der Waals surface area contributed by atoms with Crippen molar-refractivity contribution in [3.8, 4) is 0 Å². The zero-order valence-electron chi connectivity index (χ0n) is 17.0. The maximum Gasteiger partial charge on any atom is 0.261 e. The molecule has 0 fully saturated rings. The smallest absolute Gasteiger partial charge is 0.261 e. The molecule has 0 radical (unpaired) electrons. The Morgan fingerprint density at radius 1 is 0.933 bits per heavy atom. The number of rotatable bonds is 6. The molecule has 0 aliphatic carbocycles. The summed E-state index contributed by atoms with van der Waals surface area (Å²) in [5.74, 6) is -0.242. The van der Waals surface area contributed by atoms with Gasteiger partial charge in [-0.05, 0) is 49.7 Å². The third kappa shape index (κ3) is 5.20. The second-order valence-electron chi connectivity index (χ2n) is 7.26. The Bertz CT molecular complexity index is 1160. The third-order valence-corrected chi connectivity index (χ3v) is 6.38. The van der Waals surface area contributed by atoms with Crippen molar-refractivity contribution < 1.29 is 13.2 Å². The van der Waals surface area contributed by atoms with Crippen molar-refractivity contribution >= 4 is 33.2 Å². The van der Waals surface area contributed by atoms with Crippen LogP contribution in [0, 0.1) is 13.8 Å². The number of amides is 1. The zero-order valence-corrected chi connectivity index (χ0v) is 18.6. The average Bonchev–Trinajstić information content (AvgIpc) is 2.69. The zero-order chi connectivity index (χ0) is 21.9. The molecule has 0 aliphatic rings. The fraction of sp³-hybridized carbons (Fsp3) is 0.174. The molecule has 30 heavy (non-hydrogen) atoms. The Morgan fingerprint density at radius 2 is 1.50 bits per heavy atom. The summed E-state index contributed by atoms with van der Waals surface area (Å²) >= 11 is 6.31. The predicted octanol–water partition coefficient (Wildman–Crippen LogP) is 5.03. The molecule has 0 aliphatic heterocycles. The molecule has 3 rings (SSSR count). The first kappa shape index (κ1) is 21.9. The highest BCUT2D eigenvalue weighted by molar-refractivity contribution is 7.92. The molecular weight excluding hydrogens is 420 g/mol. The lowest BCUT2D eigenvalue weighted by molar-refractivity contribution is 0.0785. The first-order chi connectivity index (χ1) is 14.2. The number of benzene rings is 3. The summed E-state index contributed by atoms with van der Waals surface area (Å²) < 4.78 is 27.6. The lowest BCUT2D eigenvalue weighted by Crippen LogP contribution is -2.26. The molecule has 7 heteroatoms. The quantitative estimate of drug-likeness (QED) is 0.582. The minimum absolute atomic E-state index is 0.155. The second kappa shape index (κ2) is 8.90. The number of sulfonamides is 1. The summed E-state index contributed by atoms with van der Waals surface area (Å²) in [6.45, 7) is 4.33. The average molecular weight is 443 g/mol. The van der Waals surface area contributed by atoms with Gasteiger partial charge in [-0.3, -0.25) is 9.52 Å². The van der Waals surface area contributed by atoms with Gasteiger partial charge in [0.25, 0.3) is 15.9 Å². The summed E-state index contributed by atoms with van der Waals surface area (Å²) in [5.41, 5.74) is 3.73. The van der Waals surface area contributed by atoms with Crippen LogP contribution in [0.1, 0.15) is 27.0 Å². The fourth-order valence-corrected chi connectivity index (χ4v) is 4.24. The Balaban J connectivity index is 1.74. The van der Waals surface area contributed by atoms with Gasteiger partial charge in [0.1, 0.15) is 0 Å². The van der Waals surface area contributed by atoms with Gasteiger partial charge in [-0.2, -0.15) is 0 Å². The standard InChI is InChI=1S/C23H23ClN2O3S/c1-16-4-8-18(9-5-16)15-26(3)23(27)21-13-10-19(14-22(21)24)25-30(28,29)20-11-6-17(2)7-12-20/h4-14,25H,15H2,1-3H3. The molecule has 156 valence electrons. The lowest BCUT2D eigenvalue weighted by Gasteiger charge is -2.18. The van der Waals surface area contributed by atoms with Crippen molar-refractivity contribution in [2.24, 2.45) is 0 Å². The summed E-state index contributed by atoms with van der Waals surface area (Å²) in [6.07, 6.45) is 0. The van der Waals surface area contributed by atoms with E-state index in [1.54, 1.807) is 24.1 Å². The van der Waals surface area contributed by atoms with Gasteiger partial charge in [-0.1, -0.05) is 59.1 Å². The molecule has 1 N–H and O–H groups in total. The number of hydrogen-bond acceptors (Lipinski definition) is 3. The molecule has 1 amide bonds. The van der Waals surface area contributed by atoms with E-state index in [4.69, 9.17) is 11.6 Å². The molecular formula is C23H23ClN2O3S. The summed E-state index contributed by atoms with van der Waals surface area (Å²) in [4.78, 5) is 14.5.